The van der Waals surface area contributed by atoms with Crippen molar-refractivity contribution in [1.29, 1.82) is 0 Å². The van der Waals surface area contributed by atoms with E-state index in [9.17, 15) is 9.50 Å². The molecule has 2 aromatic rings. The molecule has 1 heterocycles. The van der Waals surface area contributed by atoms with Crippen LogP contribution < -0.4 is 0 Å². The number of hydrogen-bond acceptors (Lipinski definition) is 3. The van der Waals surface area contributed by atoms with Crippen molar-refractivity contribution < 1.29 is 9.50 Å². The Morgan fingerprint density at radius 1 is 1.11 bits per heavy atom. The van der Waals surface area contributed by atoms with Crippen LogP contribution in [-0.4, -0.2) is 15.1 Å². The van der Waals surface area contributed by atoms with Gasteiger partial charge in [0.15, 0.2) is 5.82 Å². The highest BCUT2D eigenvalue weighted by Gasteiger charge is 2.46. The Bertz CT molecular complexity index is 552. The van der Waals surface area contributed by atoms with Crippen LogP contribution in [0.25, 0.3) is 0 Å². The number of nitrogens with zero attached hydrogens (tertiary/aromatic N) is 2. The van der Waals surface area contributed by atoms with Crippen molar-refractivity contribution >= 4 is 0 Å². The molecule has 3 rings (SSSR count). The summed E-state index contributed by atoms with van der Waals surface area (Å²) < 4.78 is 13.0. The van der Waals surface area contributed by atoms with E-state index in [1.807, 2.05) is 0 Å². The summed E-state index contributed by atoms with van der Waals surface area (Å²) in [4.78, 5) is 8.27. The molecule has 1 aliphatic rings. The standard InChI is InChI=1S/C15H15FN2O/c16-12-5-3-11(4-6-12)15(7-1-8-15)13(19)14-17-9-2-10-18-14/h2-6,9-10,13,19H,1,7-8H2. The van der Waals surface area contributed by atoms with E-state index >= 15 is 0 Å². The molecule has 98 valence electrons. The smallest absolute Gasteiger partial charge is 0.157 e. The second-order valence-corrected chi connectivity index (χ2v) is 5.03. The van der Waals surface area contributed by atoms with Gasteiger partial charge in [-0.2, -0.15) is 0 Å². The van der Waals surface area contributed by atoms with Crippen LogP contribution in [-0.2, 0) is 5.41 Å². The van der Waals surface area contributed by atoms with Crippen LogP contribution in [0.4, 0.5) is 4.39 Å². The fourth-order valence-electron chi connectivity index (χ4n) is 2.76. The number of aliphatic hydroxyl groups is 1. The monoisotopic (exact) mass is 258 g/mol. The molecule has 1 aromatic heterocycles. The zero-order valence-electron chi connectivity index (χ0n) is 10.5. The highest BCUT2D eigenvalue weighted by Crippen LogP contribution is 2.51. The zero-order chi connectivity index (χ0) is 13.3. The maximum atomic E-state index is 13.0. The molecule has 1 aliphatic carbocycles. The third-order valence-electron chi connectivity index (χ3n) is 4.02. The summed E-state index contributed by atoms with van der Waals surface area (Å²) in [5.41, 5.74) is 0.592. The fourth-order valence-corrected chi connectivity index (χ4v) is 2.76. The molecule has 0 saturated heterocycles. The van der Waals surface area contributed by atoms with E-state index in [4.69, 9.17) is 0 Å². The van der Waals surface area contributed by atoms with Crippen molar-refractivity contribution in [2.24, 2.45) is 0 Å². The van der Waals surface area contributed by atoms with Gasteiger partial charge in [-0.3, -0.25) is 0 Å². The van der Waals surface area contributed by atoms with Crippen molar-refractivity contribution in [3.05, 3.63) is 59.9 Å². The van der Waals surface area contributed by atoms with Crippen LogP contribution in [0.3, 0.4) is 0 Å². The second-order valence-electron chi connectivity index (χ2n) is 5.03. The maximum absolute atomic E-state index is 13.0. The normalized spacial score (nSPS) is 18.6. The summed E-state index contributed by atoms with van der Waals surface area (Å²) in [7, 11) is 0. The van der Waals surface area contributed by atoms with E-state index in [1.165, 1.54) is 12.1 Å². The molecule has 0 aliphatic heterocycles. The van der Waals surface area contributed by atoms with Gasteiger partial charge in [0.05, 0.1) is 0 Å². The molecule has 1 N–H and O–H groups in total. The molecular formula is C15H15FN2O. The van der Waals surface area contributed by atoms with Crippen molar-refractivity contribution in [3.63, 3.8) is 0 Å². The largest absolute Gasteiger partial charge is 0.384 e. The first-order valence-corrected chi connectivity index (χ1v) is 6.43. The summed E-state index contributed by atoms with van der Waals surface area (Å²) in [6.45, 7) is 0. The highest BCUT2D eigenvalue weighted by atomic mass is 19.1. The van der Waals surface area contributed by atoms with Crippen molar-refractivity contribution in [1.82, 2.24) is 9.97 Å². The minimum atomic E-state index is -0.743. The molecule has 1 saturated carbocycles. The summed E-state index contributed by atoms with van der Waals surface area (Å²) in [5.74, 6) is 0.176. The lowest BCUT2D eigenvalue weighted by atomic mass is 9.61. The van der Waals surface area contributed by atoms with Crippen molar-refractivity contribution in [2.45, 2.75) is 30.8 Å². The number of aliphatic hydroxyl groups excluding tert-OH is 1. The molecule has 19 heavy (non-hydrogen) atoms. The molecule has 0 radical (unpaired) electrons. The molecule has 1 aromatic carbocycles. The van der Waals surface area contributed by atoms with Gasteiger partial charge in [-0.25, -0.2) is 14.4 Å². The van der Waals surface area contributed by atoms with Gasteiger partial charge in [0, 0.05) is 17.8 Å². The number of halogens is 1. The van der Waals surface area contributed by atoms with Crippen molar-refractivity contribution in [3.8, 4) is 0 Å². The highest BCUT2D eigenvalue weighted by molar-refractivity contribution is 5.31. The van der Waals surface area contributed by atoms with Gasteiger partial charge >= 0.3 is 0 Å². The van der Waals surface area contributed by atoms with Crippen LogP contribution in [0.2, 0.25) is 0 Å². The maximum Gasteiger partial charge on any atom is 0.157 e. The van der Waals surface area contributed by atoms with E-state index < -0.39 is 6.10 Å². The van der Waals surface area contributed by atoms with Crippen LogP contribution in [0.1, 0.15) is 36.8 Å². The van der Waals surface area contributed by atoms with E-state index in [0.717, 1.165) is 24.8 Å². The van der Waals surface area contributed by atoms with Crippen LogP contribution in [0, 0.1) is 5.82 Å². The van der Waals surface area contributed by atoms with Gasteiger partial charge in [0.1, 0.15) is 11.9 Å². The average molecular weight is 258 g/mol. The third-order valence-corrected chi connectivity index (χ3v) is 4.02. The molecule has 1 atom stereocenters. The van der Waals surface area contributed by atoms with Crippen LogP contribution in [0.15, 0.2) is 42.7 Å². The van der Waals surface area contributed by atoms with Crippen molar-refractivity contribution in [2.75, 3.05) is 0 Å². The predicted octanol–water partition coefficient (Wildman–Crippen LogP) is 2.77. The minimum Gasteiger partial charge on any atom is -0.384 e. The van der Waals surface area contributed by atoms with E-state index in [1.54, 1.807) is 30.6 Å². The zero-order valence-corrected chi connectivity index (χ0v) is 10.5. The Labute approximate surface area is 111 Å². The van der Waals surface area contributed by atoms with Crippen LogP contribution >= 0.6 is 0 Å². The first kappa shape index (κ1) is 12.2. The first-order chi connectivity index (χ1) is 9.22. The minimum absolute atomic E-state index is 0.260. The van der Waals surface area contributed by atoms with Gasteiger partial charge < -0.3 is 5.11 Å². The average Bonchev–Trinajstić information content (AvgIpc) is 2.40. The topological polar surface area (TPSA) is 46.0 Å². The summed E-state index contributed by atoms with van der Waals surface area (Å²) >= 11 is 0. The number of rotatable bonds is 3. The summed E-state index contributed by atoms with van der Waals surface area (Å²) in [6.07, 6.45) is 5.32. The SMILES string of the molecule is OC(c1ncccn1)C1(c2ccc(F)cc2)CCC1. The summed E-state index contributed by atoms with van der Waals surface area (Å²) in [6, 6.07) is 8.10. The lowest BCUT2D eigenvalue weighted by molar-refractivity contribution is 0.0204. The molecule has 0 amide bonds. The molecule has 1 fully saturated rings. The summed E-state index contributed by atoms with van der Waals surface area (Å²) in [5, 5.41) is 10.6. The third kappa shape index (κ3) is 2.02. The van der Waals surface area contributed by atoms with Gasteiger partial charge in [0.25, 0.3) is 0 Å². The quantitative estimate of drug-likeness (QED) is 0.920. The molecule has 1 unspecified atom stereocenters. The lowest BCUT2D eigenvalue weighted by Crippen LogP contribution is -2.41. The Morgan fingerprint density at radius 2 is 1.74 bits per heavy atom. The second kappa shape index (κ2) is 4.70. The van der Waals surface area contributed by atoms with E-state index in [0.29, 0.717) is 5.82 Å². The Balaban J connectivity index is 1.97. The molecule has 4 heteroatoms. The van der Waals surface area contributed by atoms with Gasteiger partial charge in [-0.15, -0.1) is 0 Å². The molecule has 3 nitrogen and oxygen atoms in total. The molecule has 0 spiro atoms. The number of benzene rings is 1. The lowest BCUT2D eigenvalue weighted by Gasteiger charge is -2.45. The Morgan fingerprint density at radius 3 is 2.26 bits per heavy atom. The van der Waals surface area contributed by atoms with E-state index in [2.05, 4.69) is 9.97 Å². The van der Waals surface area contributed by atoms with E-state index in [-0.39, 0.29) is 11.2 Å². The molecular weight excluding hydrogens is 243 g/mol. The number of aromatic nitrogens is 2. The first-order valence-electron chi connectivity index (χ1n) is 6.43. The molecule has 0 bridgehead atoms. The van der Waals surface area contributed by atoms with Crippen LogP contribution in [0.5, 0.6) is 0 Å². The van der Waals surface area contributed by atoms with Gasteiger partial charge in [-0.1, -0.05) is 18.6 Å². The fraction of sp³-hybridized carbons (Fsp3) is 0.333. The Kier molecular flexibility index (Phi) is 3.03. The van der Waals surface area contributed by atoms with Gasteiger partial charge in [0.2, 0.25) is 0 Å². The number of hydrogen-bond donors (Lipinski definition) is 1. The predicted molar refractivity (Wildman–Crippen MR) is 68.9 cm³/mol. The Hall–Kier alpha value is -1.81. The van der Waals surface area contributed by atoms with Gasteiger partial charge in [-0.05, 0) is 36.6 Å².